The molecule has 3 N–H and O–H groups in total. The van der Waals surface area contributed by atoms with Gasteiger partial charge in [-0.05, 0) is 61.4 Å². The second kappa shape index (κ2) is 10.6. The first-order valence-electron chi connectivity index (χ1n) is 11.7. The van der Waals surface area contributed by atoms with Gasteiger partial charge in [-0.15, -0.1) is 0 Å². The maximum absolute atomic E-state index is 13.6. The maximum Gasteiger partial charge on any atom is 0.305 e. The lowest BCUT2D eigenvalue weighted by Gasteiger charge is -2.21. The molecular formula is C25H29FN4O4. The van der Waals surface area contributed by atoms with Crippen molar-refractivity contribution >= 4 is 23.6 Å². The molecule has 1 fully saturated rings. The van der Waals surface area contributed by atoms with Crippen LogP contribution in [0.15, 0.2) is 36.4 Å². The Morgan fingerprint density at radius 3 is 2.94 bits per heavy atom. The molecule has 0 bridgehead atoms. The highest BCUT2D eigenvalue weighted by Gasteiger charge is 2.33. The minimum Gasteiger partial charge on any atom is -0.481 e. The van der Waals surface area contributed by atoms with Gasteiger partial charge in [0.25, 0.3) is 0 Å². The van der Waals surface area contributed by atoms with Crippen molar-refractivity contribution in [3.8, 4) is 0 Å². The van der Waals surface area contributed by atoms with E-state index in [0.29, 0.717) is 31.4 Å². The maximum atomic E-state index is 13.6. The Hall–Kier alpha value is -3.49. The molecule has 2 aliphatic heterocycles. The second-order valence-corrected chi connectivity index (χ2v) is 8.90. The van der Waals surface area contributed by atoms with Crippen LogP contribution in [0.2, 0.25) is 0 Å². The molecule has 0 saturated carbocycles. The molecule has 1 aromatic carbocycles. The number of nitrogens with zero attached hydrogens (tertiary/aromatic N) is 2. The fraction of sp³-hybridized carbons (Fsp3) is 0.440. The number of fused-ring (bicyclic) bond motifs is 1. The van der Waals surface area contributed by atoms with Crippen molar-refractivity contribution in [2.24, 2.45) is 5.92 Å². The number of carboxylic acids is 1. The Labute approximate surface area is 197 Å². The summed E-state index contributed by atoms with van der Waals surface area (Å²) in [5.74, 6) is -1.40. The number of carbonyl (C=O) groups excluding carboxylic acids is 2. The lowest BCUT2D eigenvalue weighted by Crippen LogP contribution is -2.40. The predicted molar refractivity (Wildman–Crippen MR) is 124 cm³/mol. The first-order valence-corrected chi connectivity index (χ1v) is 11.7. The van der Waals surface area contributed by atoms with Crippen LogP contribution in [0.4, 0.5) is 10.2 Å². The number of hydrogen-bond donors (Lipinski definition) is 3. The average molecular weight is 469 g/mol. The molecule has 2 aliphatic rings. The molecule has 2 atom stereocenters. The van der Waals surface area contributed by atoms with Crippen LogP contribution in [0.5, 0.6) is 0 Å². The molecule has 1 aromatic heterocycles. The normalized spacial score (nSPS) is 18.2. The number of carbonyl (C=O) groups is 3. The van der Waals surface area contributed by atoms with Crippen LogP contribution in [0.3, 0.4) is 0 Å². The van der Waals surface area contributed by atoms with Gasteiger partial charge in [-0.3, -0.25) is 14.4 Å². The van der Waals surface area contributed by atoms with Crippen LogP contribution in [0.25, 0.3) is 0 Å². The molecule has 0 aliphatic carbocycles. The summed E-state index contributed by atoms with van der Waals surface area (Å²) in [5, 5.41) is 15.2. The van der Waals surface area contributed by atoms with Gasteiger partial charge < -0.3 is 20.6 Å². The number of aromatic nitrogens is 1. The predicted octanol–water partition coefficient (Wildman–Crippen LogP) is 2.69. The highest BCUT2D eigenvalue weighted by atomic mass is 19.1. The SMILES string of the molecule is O=C(O)C[C@H](NC(=O)CN1CC[C@H](CCc2ccc3c(n2)NCCC3)C1=O)c1cccc(F)c1. The zero-order valence-corrected chi connectivity index (χ0v) is 18.9. The molecule has 34 heavy (non-hydrogen) atoms. The lowest BCUT2D eigenvalue weighted by atomic mass is 9.99. The summed E-state index contributed by atoms with van der Waals surface area (Å²) in [6, 6.07) is 8.73. The third-order valence-electron chi connectivity index (χ3n) is 6.41. The Kier molecular flexibility index (Phi) is 7.40. The zero-order chi connectivity index (χ0) is 24.1. The topological polar surface area (TPSA) is 112 Å². The van der Waals surface area contributed by atoms with Gasteiger partial charge in [-0.2, -0.15) is 0 Å². The molecule has 2 aromatic rings. The number of aryl methyl sites for hydroxylation is 2. The van der Waals surface area contributed by atoms with Gasteiger partial charge in [0.1, 0.15) is 11.6 Å². The number of halogens is 1. The third kappa shape index (κ3) is 5.89. The Morgan fingerprint density at radius 2 is 2.15 bits per heavy atom. The number of anilines is 1. The minimum atomic E-state index is -1.11. The summed E-state index contributed by atoms with van der Waals surface area (Å²) in [7, 11) is 0. The van der Waals surface area contributed by atoms with Crippen molar-refractivity contribution in [1.82, 2.24) is 15.2 Å². The first-order chi connectivity index (χ1) is 16.4. The number of pyridine rings is 1. The van der Waals surface area contributed by atoms with E-state index < -0.39 is 23.7 Å². The van der Waals surface area contributed by atoms with E-state index in [1.807, 2.05) is 6.07 Å². The summed E-state index contributed by atoms with van der Waals surface area (Å²) < 4.78 is 13.6. The third-order valence-corrected chi connectivity index (χ3v) is 6.41. The van der Waals surface area contributed by atoms with Crippen LogP contribution in [0, 0.1) is 11.7 Å². The molecule has 1 saturated heterocycles. The van der Waals surface area contributed by atoms with Crippen molar-refractivity contribution in [3.05, 3.63) is 59.0 Å². The number of likely N-dealkylation sites (tertiary alicyclic amines) is 1. The summed E-state index contributed by atoms with van der Waals surface area (Å²) in [6.45, 7) is 1.25. The highest BCUT2D eigenvalue weighted by Crippen LogP contribution is 2.25. The zero-order valence-electron chi connectivity index (χ0n) is 18.9. The molecule has 0 radical (unpaired) electrons. The monoisotopic (exact) mass is 468 g/mol. The fourth-order valence-electron chi connectivity index (χ4n) is 4.62. The molecule has 9 heteroatoms. The molecule has 8 nitrogen and oxygen atoms in total. The lowest BCUT2D eigenvalue weighted by molar-refractivity contribution is -0.138. The Morgan fingerprint density at radius 1 is 1.29 bits per heavy atom. The van der Waals surface area contributed by atoms with Crippen molar-refractivity contribution in [2.75, 3.05) is 25.0 Å². The number of carboxylic acid groups (broad SMARTS) is 1. The number of benzene rings is 1. The molecule has 0 spiro atoms. The first kappa shape index (κ1) is 23.7. The van der Waals surface area contributed by atoms with Crippen LogP contribution < -0.4 is 10.6 Å². The quantitative estimate of drug-likeness (QED) is 0.522. The van der Waals surface area contributed by atoms with Crippen molar-refractivity contribution in [3.63, 3.8) is 0 Å². The number of nitrogens with one attached hydrogen (secondary N) is 2. The number of aliphatic carboxylic acids is 1. The van der Waals surface area contributed by atoms with Crippen LogP contribution in [-0.4, -0.2) is 52.4 Å². The summed E-state index contributed by atoms with van der Waals surface area (Å²) in [5.41, 5.74) is 2.54. The van der Waals surface area contributed by atoms with E-state index >= 15 is 0 Å². The van der Waals surface area contributed by atoms with Gasteiger partial charge in [-0.25, -0.2) is 9.37 Å². The van der Waals surface area contributed by atoms with Crippen LogP contribution in [-0.2, 0) is 27.2 Å². The van der Waals surface area contributed by atoms with Crippen LogP contribution >= 0.6 is 0 Å². The largest absolute Gasteiger partial charge is 0.481 e. The van der Waals surface area contributed by atoms with Gasteiger partial charge in [0, 0.05) is 24.7 Å². The molecule has 2 amide bonds. The van der Waals surface area contributed by atoms with Crippen LogP contribution in [0.1, 0.15) is 48.5 Å². The highest BCUT2D eigenvalue weighted by molar-refractivity contribution is 5.87. The van der Waals surface area contributed by atoms with Crippen molar-refractivity contribution in [1.29, 1.82) is 0 Å². The van der Waals surface area contributed by atoms with E-state index in [1.165, 1.54) is 28.7 Å². The molecule has 0 unspecified atom stereocenters. The number of amides is 2. The van der Waals surface area contributed by atoms with Gasteiger partial charge in [0.2, 0.25) is 11.8 Å². The summed E-state index contributed by atoms with van der Waals surface area (Å²) in [4.78, 5) is 42.9. The molecule has 180 valence electrons. The summed E-state index contributed by atoms with van der Waals surface area (Å²) >= 11 is 0. The van der Waals surface area contributed by atoms with E-state index in [1.54, 1.807) is 6.07 Å². The van der Waals surface area contributed by atoms with E-state index in [9.17, 15) is 23.9 Å². The van der Waals surface area contributed by atoms with Gasteiger partial charge in [-0.1, -0.05) is 18.2 Å². The van der Waals surface area contributed by atoms with Gasteiger partial charge in [0.15, 0.2) is 0 Å². The fourth-order valence-corrected chi connectivity index (χ4v) is 4.62. The number of rotatable bonds is 9. The van der Waals surface area contributed by atoms with Crippen molar-refractivity contribution in [2.45, 2.75) is 44.6 Å². The molecule has 4 rings (SSSR count). The van der Waals surface area contributed by atoms with Crippen molar-refractivity contribution < 1.29 is 23.9 Å². The second-order valence-electron chi connectivity index (χ2n) is 8.90. The van der Waals surface area contributed by atoms with E-state index in [0.717, 1.165) is 30.9 Å². The smallest absolute Gasteiger partial charge is 0.305 e. The van der Waals surface area contributed by atoms with E-state index in [2.05, 4.69) is 21.7 Å². The minimum absolute atomic E-state index is 0.0771. The standard InChI is InChI=1S/C25H29FN4O4/c26-19-5-1-3-18(13-19)21(14-23(32)33)29-22(31)15-30-12-10-17(25(30)34)7-9-20-8-6-16-4-2-11-27-24(16)28-20/h1,3,5-6,8,13,17,21H,2,4,7,9-12,14-15H2,(H,27,28)(H,29,31)(H,32,33)/t17-,21-/m0/s1. The Bertz CT molecular complexity index is 1080. The summed E-state index contributed by atoms with van der Waals surface area (Å²) in [6.07, 6.45) is 3.76. The Balaban J connectivity index is 1.30. The van der Waals surface area contributed by atoms with Gasteiger partial charge >= 0.3 is 5.97 Å². The van der Waals surface area contributed by atoms with Gasteiger partial charge in [0.05, 0.1) is 19.0 Å². The average Bonchev–Trinajstić information content (AvgIpc) is 3.15. The molecule has 3 heterocycles. The number of hydrogen-bond acceptors (Lipinski definition) is 5. The molecular weight excluding hydrogens is 439 g/mol. The van der Waals surface area contributed by atoms with E-state index in [4.69, 9.17) is 0 Å². The van der Waals surface area contributed by atoms with E-state index in [-0.39, 0.29) is 24.8 Å².